The average molecular weight is 276 g/mol. The van der Waals surface area contributed by atoms with E-state index in [1.54, 1.807) is 17.5 Å². The second kappa shape index (κ2) is 5.73. The van der Waals surface area contributed by atoms with Crippen molar-refractivity contribution < 1.29 is 4.74 Å². The molecule has 0 bridgehead atoms. The number of hydrogen-bond acceptors (Lipinski definition) is 6. The van der Waals surface area contributed by atoms with E-state index < -0.39 is 0 Å². The summed E-state index contributed by atoms with van der Waals surface area (Å²) in [6, 6.07) is 0. The van der Waals surface area contributed by atoms with E-state index in [1.165, 1.54) is 0 Å². The molecule has 0 radical (unpaired) electrons. The molecule has 0 spiro atoms. The van der Waals surface area contributed by atoms with Crippen molar-refractivity contribution in [3.05, 3.63) is 40.4 Å². The Balaban J connectivity index is 1.66. The molecule has 0 saturated carbocycles. The number of nitrogens with zero attached hydrogens (tertiary/aromatic N) is 4. The molecule has 6 heteroatoms. The van der Waals surface area contributed by atoms with Gasteiger partial charge in [0.15, 0.2) is 0 Å². The Morgan fingerprint density at radius 1 is 1.37 bits per heavy atom. The summed E-state index contributed by atoms with van der Waals surface area (Å²) in [5, 5.41) is 3.16. The molecule has 1 aliphatic heterocycles. The van der Waals surface area contributed by atoms with Crippen molar-refractivity contribution in [1.29, 1.82) is 0 Å². The fraction of sp³-hybridized carbons (Fsp3) is 0.462. The molecule has 100 valence electrons. The lowest BCUT2D eigenvalue weighted by Crippen LogP contribution is -2.38. The fourth-order valence-corrected chi connectivity index (χ4v) is 2.77. The van der Waals surface area contributed by atoms with Crippen LogP contribution in [0.15, 0.2) is 24.0 Å². The monoisotopic (exact) mass is 276 g/mol. The van der Waals surface area contributed by atoms with Crippen molar-refractivity contribution in [2.45, 2.75) is 19.6 Å². The third kappa shape index (κ3) is 3.15. The highest BCUT2D eigenvalue weighted by atomic mass is 32.1. The number of thiazole rings is 1. The first-order chi connectivity index (χ1) is 9.31. The Morgan fingerprint density at radius 3 is 3.05 bits per heavy atom. The highest BCUT2D eigenvalue weighted by Crippen LogP contribution is 2.21. The molecule has 2 aromatic rings. The van der Waals surface area contributed by atoms with Gasteiger partial charge in [-0.3, -0.25) is 14.9 Å². The summed E-state index contributed by atoms with van der Waals surface area (Å²) >= 11 is 1.69. The molecule has 0 aliphatic carbocycles. The lowest BCUT2D eigenvalue weighted by molar-refractivity contribution is -0.0351. The molecule has 3 rings (SSSR count). The fourth-order valence-electron chi connectivity index (χ4n) is 2.12. The zero-order valence-electron chi connectivity index (χ0n) is 10.8. The number of rotatable bonds is 3. The topological polar surface area (TPSA) is 51.1 Å². The molecule has 1 fully saturated rings. The van der Waals surface area contributed by atoms with Crippen LogP contribution in [0.3, 0.4) is 0 Å². The van der Waals surface area contributed by atoms with Crippen molar-refractivity contribution in [1.82, 2.24) is 19.9 Å². The number of morpholine rings is 1. The first-order valence-electron chi connectivity index (χ1n) is 6.32. The molecule has 0 N–H and O–H groups in total. The maximum Gasteiger partial charge on any atom is 0.114 e. The van der Waals surface area contributed by atoms with Gasteiger partial charge in [-0.15, -0.1) is 11.3 Å². The first-order valence-corrected chi connectivity index (χ1v) is 7.20. The largest absolute Gasteiger partial charge is 0.369 e. The number of aromatic nitrogens is 3. The third-order valence-electron chi connectivity index (χ3n) is 3.12. The molecular weight excluding hydrogens is 260 g/mol. The van der Waals surface area contributed by atoms with Crippen LogP contribution in [-0.2, 0) is 11.3 Å². The van der Waals surface area contributed by atoms with Gasteiger partial charge in [-0.2, -0.15) is 0 Å². The molecule has 2 aromatic heterocycles. The van der Waals surface area contributed by atoms with Crippen LogP contribution in [0, 0.1) is 6.92 Å². The van der Waals surface area contributed by atoms with Crippen LogP contribution in [0.2, 0.25) is 0 Å². The van der Waals surface area contributed by atoms with E-state index in [9.17, 15) is 0 Å². The minimum Gasteiger partial charge on any atom is -0.369 e. The van der Waals surface area contributed by atoms with Crippen molar-refractivity contribution in [2.24, 2.45) is 0 Å². The minimum absolute atomic E-state index is 0.0156. The van der Waals surface area contributed by atoms with Crippen molar-refractivity contribution in [3.63, 3.8) is 0 Å². The summed E-state index contributed by atoms with van der Waals surface area (Å²) in [4.78, 5) is 15.4. The average Bonchev–Trinajstić information content (AvgIpc) is 2.93. The van der Waals surface area contributed by atoms with Crippen LogP contribution in [-0.4, -0.2) is 39.5 Å². The summed E-state index contributed by atoms with van der Waals surface area (Å²) in [5.41, 5.74) is 1.84. The van der Waals surface area contributed by atoms with Gasteiger partial charge < -0.3 is 4.74 Å². The van der Waals surface area contributed by atoms with E-state index in [-0.39, 0.29) is 6.10 Å². The molecule has 1 atom stereocenters. The van der Waals surface area contributed by atoms with Gasteiger partial charge in [0.05, 0.1) is 30.7 Å². The van der Waals surface area contributed by atoms with Gasteiger partial charge in [0.1, 0.15) is 11.1 Å². The number of ether oxygens (including phenoxy) is 1. The van der Waals surface area contributed by atoms with Crippen molar-refractivity contribution in [3.8, 4) is 0 Å². The van der Waals surface area contributed by atoms with Gasteiger partial charge in [-0.05, 0) is 6.92 Å². The molecule has 19 heavy (non-hydrogen) atoms. The highest BCUT2D eigenvalue weighted by molar-refractivity contribution is 7.09. The second-order valence-corrected chi connectivity index (χ2v) is 5.58. The second-order valence-electron chi connectivity index (χ2n) is 4.60. The Hall–Kier alpha value is -1.37. The van der Waals surface area contributed by atoms with E-state index >= 15 is 0 Å². The van der Waals surface area contributed by atoms with Crippen LogP contribution in [0.1, 0.15) is 22.5 Å². The predicted molar refractivity (Wildman–Crippen MR) is 72.9 cm³/mol. The lowest BCUT2D eigenvalue weighted by atomic mass is 10.2. The van der Waals surface area contributed by atoms with E-state index in [1.807, 2.05) is 24.7 Å². The van der Waals surface area contributed by atoms with Gasteiger partial charge >= 0.3 is 0 Å². The molecule has 1 aliphatic rings. The third-order valence-corrected chi connectivity index (χ3v) is 3.89. The van der Waals surface area contributed by atoms with Crippen LogP contribution in [0.4, 0.5) is 0 Å². The Kier molecular flexibility index (Phi) is 3.82. The number of hydrogen-bond donors (Lipinski definition) is 0. The summed E-state index contributed by atoms with van der Waals surface area (Å²) in [7, 11) is 0. The minimum atomic E-state index is 0.0156. The summed E-state index contributed by atoms with van der Waals surface area (Å²) in [6.07, 6.45) is 5.47. The molecular formula is C13H16N4OS. The lowest BCUT2D eigenvalue weighted by Gasteiger charge is -2.31. The highest BCUT2D eigenvalue weighted by Gasteiger charge is 2.23. The van der Waals surface area contributed by atoms with Gasteiger partial charge in [-0.25, -0.2) is 4.98 Å². The van der Waals surface area contributed by atoms with Crippen LogP contribution in [0.5, 0.6) is 0 Å². The van der Waals surface area contributed by atoms with E-state index in [4.69, 9.17) is 4.74 Å². The standard InChI is InChI=1S/C13H16N4OS/c1-10-6-16-11(7-15-10)12-8-17(3-4-18-12)9-13-14-2-5-19-13/h2,5-7,12H,3-4,8-9H2,1H3/t12-/m0/s1. The predicted octanol–water partition coefficient (Wildman–Crippen LogP) is 1.82. The van der Waals surface area contributed by atoms with Crippen LogP contribution >= 0.6 is 11.3 Å². The Morgan fingerprint density at radius 2 is 2.32 bits per heavy atom. The van der Waals surface area contributed by atoms with Crippen molar-refractivity contribution >= 4 is 11.3 Å². The van der Waals surface area contributed by atoms with Crippen LogP contribution in [0.25, 0.3) is 0 Å². The Bertz CT molecular complexity index is 514. The molecule has 0 amide bonds. The quantitative estimate of drug-likeness (QED) is 0.856. The Labute approximate surface area is 116 Å². The van der Waals surface area contributed by atoms with Gasteiger partial charge in [-0.1, -0.05) is 0 Å². The van der Waals surface area contributed by atoms with Gasteiger partial charge in [0.25, 0.3) is 0 Å². The molecule has 0 unspecified atom stereocenters. The van der Waals surface area contributed by atoms with E-state index in [2.05, 4.69) is 19.9 Å². The summed E-state index contributed by atoms with van der Waals surface area (Å²) in [6.45, 7) is 5.34. The van der Waals surface area contributed by atoms with E-state index in [0.717, 1.165) is 42.6 Å². The summed E-state index contributed by atoms with van der Waals surface area (Å²) in [5.74, 6) is 0. The summed E-state index contributed by atoms with van der Waals surface area (Å²) < 4.78 is 5.79. The zero-order chi connectivity index (χ0) is 13.1. The smallest absolute Gasteiger partial charge is 0.114 e. The number of aryl methyl sites for hydroxylation is 1. The van der Waals surface area contributed by atoms with Gasteiger partial charge in [0.2, 0.25) is 0 Å². The van der Waals surface area contributed by atoms with Crippen LogP contribution < -0.4 is 0 Å². The molecule has 1 saturated heterocycles. The van der Waals surface area contributed by atoms with Gasteiger partial charge in [0, 0.05) is 30.9 Å². The maximum absolute atomic E-state index is 5.79. The molecule has 3 heterocycles. The SMILES string of the molecule is Cc1cnc([C@@H]2CN(Cc3nccs3)CCO2)cn1. The molecule has 5 nitrogen and oxygen atoms in total. The normalized spacial score (nSPS) is 20.6. The molecule has 0 aromatic carbocycles. The van der Waals surface area contributed by atoms with E-state index in [0.29, 0.717) is 0 Å². The van der Waals surface area contributed by atoms with Crippen molar-refractivity contribution in [2.75, 3.05) is 19.7 Å². The maximum atomic E-state index is 5.79. The first kappa shape index (κ1) is 12.7. The zero-order valence-corrected chi connectivity index (χ0v) is 11.6.